The fourth-order valence-corrected chi connectivity index (χ4v) is 4.91. The predicted octanol–water partition coefficient (Wildman–Crippen LogP) is 4.40. The summed E-state index contributed by atoms with van der Waals surface area (Å²) >= 11 is 1.84. The van der Waals surface area contributed by atoms with Gasteiger partial charge in [-0.3, -0.25) is 0 Å². The topological polar surface area (TPSA) is 15.3 Å². The summed E-state index contributed by atoms with van der Waals surface area (Å²) in [5.41, 5.74) is 1.80. The van der Waals surface area contributed by atoms with Gasteiger partial charge in [0.2, 0.25) is 0 Å². The normalized spacial score (nSPS) is 25.0. The van der Waals surface area contributed by atoms with Crippen LogP contribution in [0.25, 0.3) is 10.1 Å². The minimum absolute atomic E-state index is 0.384. The quantitative estimate of drug-likeness (QED) is 0.884. The monoisotopic (exact) mass is 300 g/mol. The molecule has 2 heterocycles. The SMILES string of the molecule is CCC1CNC2(CCCC2)CN1c1ccc2sccc2c1. The Balaban J connectivity index is 1.68. The van der Waals surface area contributed by atoms with Crippen LogP contribution in [0.15, 0.2) is 29.6 Å². The Morgan fingerprint density at radius 3 is 2.95 bits per heavy atom. The minimum Gasteiger partial charge on any atom is -0.365 e. The summed E-state index contributed by atoms with van der Waals surface area (Å²) in [7, 11) is 0. The van der Waals surface area contributed by atoms with Crippen molar-refractivity contribution in [1.82, 2.24) is 5.32 Å². The molecule has 2 aromatic rings. The molecule has 3 heteroatoms. The summed E-state index contributed by atoms with van der Waals surface area (Å²) in [6.45, 7) is 4.63. The maximum Gasteiger partial charge on any atom is 0.0412 e. The molecule has 0 radical (unpaired) electrons. The lowest BCUT2D eigenvalue weighted by atomic mass is 9.91. The van der Waals surface area contributed by atoms with E-state index in [-0.39, 0.29) is 0 Å². The summed E-state index contributed by atoms with van der Waals surface area (Å²) in [6.07, 6.45) is 6.69. The van der Waals surface area contributed by atoms with Gasteiger partial charge in [0.1, 0.15) is 0 Å². The van der Waals surface area contributed by atoms with Crippen LogP contribution in [0.1, 0.15) is 39.0 Å². The van der Waals surface area contributed by atoms with Crippen LogP contribution >= 0.6 is 11.3 Å². The van der Waals surface area contributed by atoms with E-state index in [0.717, 1.165) is 6.54 Å². The number of piperazine rings is 1. The summed E-state index contributed by atoms with van der Waals surface area (Å²) in [5, 5.41) is 7.48. The second-order valence-electron chi connectivity index (χ2n) is 6.70. The highest BCUT2D eigenvalue weighted by molar-refractivity contribution is 7.17. The van der Waals surface area contributed by atoms with Gasteiger partial charge in [0.05, 0.1) is 0 Å². The second-order valence-corrected chi connectivity index (χ2v) is 7.65. The average molecular weight is 300 g/mol. The fourth-order valence-electron chi connectivity index (χ4n) is 4.14. The Hall–Kier alpha value is -1.06. The van der Waals surface area contributed by atoms with Crippen molar-refractivity contribution in [3.63, 3.8) is 0 Å². The Kier molecular flexibility index (Phi) is 3.43. The maximum atomic E-state index is 3.89. The fraction of sp³-hybridized carbons (Fsp3) is 0.556. The van der Waals surface area contributed by atoms with Gasteiger partial charge in [-0.25, -0.2) is 0 Å². The standard InChI is InChI=1S/C18H24N2S/c1-2-15-12-19-18(8-3-4-9-18)13-20(15)16-5-6-17-14(11-16)7-10-21-17/h5-7,10-11,15,19H,2-4,8-9,12-13H2,1H3. The van der Waals surface area contributed by atoms with E-state index in [1.165, 1.54) is 54.4 Å². The van der Waals surface area contributed by atoms with Crippen molar-refractivity contribution in [2.45, 2.75) is 50.6 Å². The molecule has 1 unspecified atom stereocenters. The number of hydrogen-bond acceptors (Lipinski definition) is 3. The number of hydrogen-bond donors (Lipinski definition) is 1. The predicted molar refractivity (Wildman–Crippen MR) is 92.5 cm³/mol. The van der Waals surface area contributed by atoms with E-state index >= 15 is 0 Å². The van der Waals surface area contributed by atoms with Crippen molar-refractivity contribution >= 4 is 27.1 Å². The van der Waals surface area contributed by atoms with Crippen LogP contribution in [0.3, 0.4) is 0 Å². The van der Waals surface area contributed by atoms with Gasteiger partial charge >= 0.3 is 0 Å². The summed E-state index contributed by atoms with van der Waals surface area (Å²) < 4.78 is 1.40. The van der Waals surface area contributed by atoms with Gasteiger partial charge in [0.15, 0.2) is 0 Å². The zero-order chi connectivity index (χ0) is 14.3. The first kappa shape index (κ1) is 13.6. The molecular formula is C18H24N2S. The van der Waals surface area contributed by atoms with E-state index in [2.05, 4.69) is 46.8 Å². The Morgan fingerprint density at radius 1 is 1.29 bits per heavy atom. The van der Waals surface area contributed by atoms with Gasteiger partial charge in [-0.1, -0.05) is 19.8 Å². The molecule has 1 aliphatic heterocycles. The average Bonchev–Trinajstić information content (AvgIpc) is 3.16. The van der Waals surface area contributed by atoms with Gasteiger partial charge in [-0.05, 0) is 54.3 Å². The number of benzene rings is 1. The second kappa shape index (κ2) is 5.29. The van der Waals surface area contributed by atoms with Gasteiger partial charge in [-0.15, -0.1) is 11.3 Å². The first-order chi connectivity index (χ1) is 10.3. The number of fused-ring (bicyclic) bond motifs is 1. The molecule has 1 saturated carbocycles. The van der Waals surface area contributed by atoms with Crippen molar-refractivity contribution in [1.29, 1.82) is 0 Å². The third-order valence-electron chi connectivity index (χ3n) is 5.43. The van der Waals surface area contributed by atoms with Crippen molar-refractivity contribution in [2.75, 3.05) is 18.0 Å². The smallest absolute Gasteiger partial charge is 0.0412 e. The third-order valence-corrected chi connectivity index (χ3v) is 6.32. The molecule has 4 rings (SSSR count). The van der Waals surface area contributed by atoms with Crippen LogP contribution in [-0.2, 0) is 0 Å². The number of nitrogens with zero attached hydrogens (tertiary/aromatic N) is 1. The highest BCUT2D eigenvalue weighted by atomic mass is 32.1. The van der Waals surface area contributed by atoms with Gasteiger partial charge in [-0.2, -0.15) is 0 Å². The molecule has 1 aromatic carbocycles. The molecule has 1 saturated heterocycles. The van der Waals surface area contributed by atoms with Crippen molar-refractivity contribution < 1.29 is 0 Å². The highest BCUT2D eigenvalue weighted by Crippen LogP contribution is 2.36. The van der Waals surface area contributed by atoms with Crippen LogP contribution in [0.5, 0.6) is 0 Å². The zero-order valence-corrected chi connectivity index (χ0v) is 13.6. The molecule has 2 nitrogen and oxygen atoms in total. The highest BCUT2D eigenvalue weighted by Gasteiger charge is 2.40. The summed E-state index contributed by atoms with van der Waals surface area (Å²) in [4.78, 5) is 2.68. The lowest BCUT2D eigenvalue weighted by Crippen LogP contribution is -2.63. The van der Waals surface area contributed by atoms with Crippen LogP contribution < -0.4 is 10.2 Å². The number of thiophene rings is 1. The molecule has 1 aromatic heterocycles. The largest absolute Gasteiger partial charge is 0.365 e. The van der Waals surface area contributed by atoms with Crippen LogP contribution in [0.4, 0.5) is 5.69 Å². The van der Waals surface area contributed by atoms with E-state index in [4.69, 9.17) is 0 Å². The molecule has 0 amide bonds. The molecule has 21 heavy (non-hydrogen) atoms. The number of rotatable bonds is 2. The van der Waals surface area contributed by atoms with E-state index in [1.54, 1.807) is 0 Å². The maximum absolute atomic E-state index is 3.89. The molecule has 2 fully saturated rings. The van der Waals surface area contributed by atoms with Crippen LogP contribution in [-0.4, -0.2) is 24.7 Å². The van der Waals surface area contributed by atoms with E-state index in [9.17, 15) is 0 Å². The molecule has 112 valence electrons. The van der Waals surface area contributed by atoms with Crippen molar-refractivity contribution in [3.05, 3.63) is 29.6 Å². The van der Waals surface area contributed by atoms with Gasteiger partial charge < -0.3 is 10.2 Å². The molecule has 2 aliphatic rings. The van der Waals surface area contributed by atoms with Crippen molar-refractivity contribution in [2.24, 2.45) is 0 Å². The molecule has 1 N–H and O–H groups in total. The first-order valence-corrected chi connectivity index (χ1v) is 9.17. The molecule has 0 bridgehead atoms. The Morgan fingerprint density at radius 2 is 2.14 bits per heavy atom. The lowest BCUT2D eigenvalue weighted by molar-refractivity contribution is 0.267. The molecule has 1 spiro atoms. The van der Waals surface area contributed by atoms with E-state index in [1.807, 2.05) is 11.3 Å². The lowest BCUT2D eigenvalue weighted by Gasteiger charge is -2.47. The third kappa shape index (κ3) is 2.36. The van der Waals surface area contributed by atoms with E-state index < -0.39 is 0 Å². The first-order valence-electron chi connectivity index (χ1n) is 8.29. The van der Waals surface area contributed by atoms with Gasteiger partial charge in [0.25, 0.3) is 0 Å². The minimum atomic E-state index is 0.384. The summed E-state index contributed by atoms with van der Waals surface area (Å²) in [5.74, 6) is 0. The van der Waals surface area contributed by atoms with Crippen LogP contribution in [0.2, 0.25) is 0 Å². The molecular weight excluding hydrogens is 276 g/mol. The van der Waals surface area contributed by atoms with Crippen LogP contribution in [0, 0.1) is 0 Å². The zero-order valence-electron chi connectivity index (χ0n) is 12.8. The van der Waals surface area contributed by atoms with Gasteiger partial charge in [0, 0.05) is 35.1 Å². The molecule has 1 atom stereocenters. The molecule has 1 aliphatic carbocycles. The Labute approximate surface area is 131 Å². The Bertz CT molecular complexity index is 627. The van der Waals surface area contributed by atoms with E-state index in [0.29, 0.717) is 11.6 Å². The number of nitrogens with one attached hydrogen (secondary N) is 1. The number of anilines is 1. The summed E-state index contributed by atoms with van der Waals surface area (Å²) in [6, 6.07) is 9.90. The van der Waals surface area contributed by atoms with Crippen molar-refractivity contribution in [3.8, 4) is 0 Å².